The fourth-order valence-corrected chi connectivity index (χ4v) is 5.01. The van der Waals surface area contributed by atoms with E-state index in [0.717, 1.165) is 22.2 Å². The summed E-state index contributed by atoms with van der Waals surface area (Å²) in [4.78, 5) is 18.6. The molecular weight excluding hydrogens is 496 g/mol. The van der Waals surface area contributed by atoms with Crippen LogP contribution in [0.25, 0.3) is 33.2 Å². The topological polar surface area (TPSA) is 121 Å². The van der Waals surface area contributed by atoms with Gasteiger partial charge in [0.05, 0.1) is 24.3 Å². The van der Waals surface area contributed by atoms with Gasteiger partial charge in [0.1, 0.15) is 29.0 Å². The van der Waals surface area contributed by atoms with Crippen LogP contribution in [0.15, 0.2) is 30.7 Å². The molecule has 0 spiro atoms. The fraction of sp³-hybridized carbons (Fsp3) is 0.500. The van der Waals surface area contributed by atoms with Crippen LogP contribution in [0.5, 0.6) is 0 Å². The Morgan fingerprint density at radius 1 is 0.974 bits per heavy atom. The summed E-state index contributed by atoms with van der Waals surface area (Å²) in [5.74, 6) is 0.989. The standard InChI is InChI=1S/C28H40N6O3Si/c1-9-36-16-22-33-24-25(34(22)17-28(5,6)35)23-21(32-26(24)29)11-20(14-31-23)19-10-18(12-30-13-19)15-37-38(7,8)27(2,3)4/h10-14,35H,9,15-17H2,1-8H3,(H2,29,32). The predicted octanol–water partition coefficient (Wildman–Crippen LogP) is 5.45. The number of anilines is 1. The largest absolute Gasteiger partial charge is 0.413 e. The molecule has 4 rings (SSSR count). The number of imidazole rings is 1. The molecule has 0 unspecified atom stereocenters. The predicted molar refractivity (Wildman–Crippen MR) is 154 cm³/mol. The van der Waals surface area contributed by atoms with Gasteiger partial charge in [0.15, 0.2) is 14.1 Å². The van der Waals surface area contributed by atoms with Gasteiger partial charge in [-0.25, -0.2) is 9.97 Å². The molecule has 38 heavy (non-hydrogen) atoms. The minimum absolute atomic E-state index is 0.136. The van der Waals surface area contributed by atoms with Crippen molar-refractivity contribution < 1.29 is 14.3 Å². The summed E-state index contributed by atoms with van der Waals surface area (Å²) in [6.45, 7) is 18.3. The first kappa shape index (κ1) is 28.1. The van der Waals surface area contributed by atoms with E-state index in [1.54, 1.807) is 13.8 Å². The maximum atomic E-state index is 10.6. The van der Waals surface area contributed by atoms with Crippen molar-refractivity contribution >= 4 is 36.2 Å². The molecule has 0 saturated heterocycles. The molecule has 3 N–H and O–H groups in total. The van der Waals surface area contributed by atoms with E-state index in [4.69, 9.17) is 24.9 Å². The van der Waals surface area contributed by atoms with Crippen LogP contribution in [0, 0.1) is 0 Å². The summed E-state index contributed by atoms with van der Waals surface area (Å²) in [5.41, 5.74) is 10.8. The van der Waals surface area contributed by atoms with E-state index in [2.05, 4.69) is 49.9 Å². The number of aromatic nitrogens is 5. The van der Waals surface area contributed by atoms with Crippen LogP contribution in [0.1, 0.15) is 52.9 Å². The van der Waals surface area contributed by atoms with Gasteiger partial charge in [0, 0.05) is 36.3 Å². The normalized spacial score (nSPS) is 13.1. The van der Waals surface area contributed by atoms with Crippen LogP contribution in [0.3, 0.4) is 0 Å². The van der Waals surface area contributed by atoms with Gasteiger partial charge in [-0.2, -0.15) is 0 Å². The van der Waals surface area contributed by atoms with Gasteiger partial charge in [-0.1, -0.05) is 20.8 Å². The van der Waals surface area contributed by atoms with E-state index in [-0.39, 0.29) is 5.04 Å². The Morgan fingerprint density at radius 2 is 1.68 bits per heavy atom. The third kappa shape index (κ3) is 5.88. The molecule has 0 aliphatic rings. The number of rotatable bonds is 9. The molecule has 0 aromatic carbocycles. The molecule has 9 nitrogen and oxygen atoms in total. The molecule has 4 heterocycles. The van der Waals surface area contributed by atoms with Gasteiger partial charge in [0.2, 0.25) is 0 Å². The number of nitrogens with two attached hydrogens (primary N) is 1. The van der Waals surface area contributed by atoms with Crippen LogP contribution >= 0.6 is 0 Å². The Kier molecular flexibility index (Phi) is 7.64. The van der Waals surface area contributed by atoms with Gasteiger partial charge in [0.25, 0.3) is 0 Å². The fourth-order valence-electron chi connectivity index (χ4n) is 4.04. The zero-order valence-corrected chi connectivity index (χ0v) is 24.8. The number of pyridine rings is 3. The number of fused-ring (bicyclic) bond motifs is 3. The molecule has 0 amide bonds. The average Bonchev–Trinajstić information content (AvgIpc) is 3.18. The molecule has 4 aromatic rings. The molecule has 4 aromatic heterocycles. The minimum atomic E-state index is -1.88. The Balaban J connectivity index is 1.76. The summed E-state index contributed by atoms with van der Waals surface area (Å²) in [7, 11) is -1.88. The highest BCUT2D eigenvalue weighted by Crippen LogP contribution is 2.37. The van der Waals surface area contributed by atoms with Crippen molar-refractivity contribution in [3.8, 4) is 11.1 Å². The SMILES string of the molecule is CCOCc1nc2c(N)nc3cc(-c4cncc(CO[Si](C)(C)C(C)(C)C)c4)cnc3c2n1CC(C)(C)O. The van der Waals surface area contributed by atoms with Crippen LogP contribution in [-0.4, -0.2) is 50.1 Å². The first-order valence-corrected chi connectivity index (χ1v) is 15.9. The van der Waals surface area contributed by atoms with Crippen molar-refractivity contribution in [3.63, 3.8) is 0 Å². The van der Waals surface area contributed by atoms with Crippen LogP contribution in [-0.2, 0) is 28.9 Å². The van der Waals surface area contributed by atoms with Gasteiger partial charge < -0.3 is 24.6 Å². The van der Waals surface area contributed by atoms with E-state index in [0.29, 0.717) is 54.6 Å². The average molecular weight is 537 g/mol. The Hall–Kier alpha value is -2.92. The molecule has 0 bridgehead atoms. The van der Waals surface area contributed by atoms with Crippen LogP contribution in [0.4, 0.5) is 5.82 Å². The highest BCUT2D eigenvalue weighted by molar-refractivity contribution is 6.74. The summed E-state index contributed by atoms with van der Waals surface area (Å²) >= 11 is 0. The maximum Gasteiger partial charge on any atom is 0.192 e. The quantitative estimate of drug-likeness (QED) is 0.271. The third-order valence-corrected chi connectivity index (χ3v) is 11.6. The molecule has 204 valence electrons. The summed E-state index contributed by atoms with van der Waals surface area (Å²) < 4.78 is 14.0. The number of ether oxygens (including phenoxy) is 1. The Labute approximate surface area is 225 Å². The van der Waals surface area contributed by atoms with Crippen LogP contribution < -0.4 is 5.73 Å². The highest BCUT2D eigenvalue weighted by Gasteiger charge is 2.37. The second-order valence-corrected chi connectivity index (χ2v) is 16.8. The highest BCUT2D eigenvalue weighted by atomic mass is 28.4. The molecule has 10 heteroatoms. The maximum absolute atomic E-state index is 10.6. The summed E-state index contributed by atoms with van der Waals surface area (Å²) in [6.07, 6.45) is 5.48. The third-order valence-electron chi connectivity index (χ3n) is 7.14. The molecule has 0 fully saturated rings. The van der Waals surface area contributed by atoms with Crippen molar-refractivity contribution in [3.05, 3.63) is 42.1 Å². The van der Waals surface area contributed by atoms with Gasteiger partial charge in [-0.3, -0.25) is 9.97 Å². The first-order chi connectivity index (χ1) is 17.7. The lowest BCUT2D eigenvalue weighted by Crippen LogP contribution is -2.40. The zero-order valence-electron chi connectivity index (χ0n) is 23.8. The lowest BCUT2D eigenvalue weighted by molar-refractivity contribution is 0.0582. The summed E-state index contributed by atoms with van der Waals surface area (Å²) in [5, 5.41) is 10.8. The van der Waals surface area contributed by atoms with Gasteiger partial charge >= 0.3 is 0 Å². The van der Waals surface area contributed by atoms with E-state index < -0.39 is 13.9 Å². The molecule has 0 atom stereocenters. The van der Waals surface area contributed by atoms with E-state index >= 15 is 0 Å². The van der Waals surface area contributed by atoms with Crippen molar-refractivity contribution in [1.29, 1.82) is 0 Å². The Bertz CT molecular complexity index is 1450. The molecule has 0 aliphatic carbocycles. The molecular formula is C28H40N6O3Si. The summed E-state index contributed by atoms with van der Waals surface area (Å²) in [6, 6.07) is 4.06. The Morgan fingerprint density at radius 3 is 2.34 bits per heavy atom. The van der Waals surface area contributed by atoms with Crippen LogP contribution in [0.2, 0.25) is 18.1 Å². The van der Waals surface area contributed by atoms with E-state index in [9.17, 15) is 5.11 Å². The molecule has 0 aliphatic heterocycles. The number of nitrogen functional groups attached to an aromatic ring is 1. The zero-order chi connectivity index (χ0) is 27.9. The van der Waals surface area contributed by atoms with Crippen molar-refractivity contribution in [1.82, 2.24) is 24.5 Å². The van der Waals surface area contributed by atoms with E-state index in [1.807, 2.05) is 36.1 Å². The van der Waals surface area contributed by atoms with Gasteiger partial charge in [-0.15, -0.1) is 0 Å². The minimum Gasteiger partial charge on any atom is -0.413 e. The van der Waals surface area contributed by atoms with E-state index in [1.165, 1.54) is 0 Å². The van der Waals surface area contributed by atoms with Crippen molar-refractivity contribution in [2.75, 3.05) is 12.3 Å². The number of nitrogens with zero attached hydrogens (tertiary/aromatic N) is 5. The number of aliphatic hydroxyl groups is 1. The number of hydrogen-bond acceptors (Lipinski definition) is 8. The lowest BCUT2D eigenvalue weighted by atomic mass is 10.1. The molecule has 0 radical (unpaired) electrons. The van der Waals surface area contributed by atoms with Gasteiger partial charge in [-0.05, 0) is 56.6 Å². The smallest absolute Gasteiger partial charge is 0.192 e. The second kappa shape index (κ2) is 10.3. The second-order valence-electron chi connectivity index (χ2n) is 12.0. The number of hydrogen-bond donors (Lipinski definition) is 2. The first-order valence-electron chi connectivity index (χ1n) is 13.0. The van der Waals surface area contributed by atoms with Crippen molar-refractivity contribution in [2.45, 2.75) is 85.0 Å². The van der Waals surface area contributed by atoms with Crippen molar-refractivity contribution in [2.24, 2.45) is 0 Å². The monoisotopic (exact) mass is 536 g/mol. The lowest BCUT2D eigenvalue weighted by Gasteiger charge is -2.36. The molecule has 0 saturated carbocycles.